The van der Waals surface area contributed by atoms with Crippen LogP contribution in [-0.2, 0) is 42.2 Å². The number of aliphatic hydroxyl groups is 1. The van der Waals surface area contributed by atoms with Crippen LogP contribution >= 0.6 is 7.82 Å². The lowest BCUT2D eigenvalue weighted by atomic mass is 10.1. The van der Waals surface area contributed by atoms with Crippen molar-refractivity contribution in [3.63, 3.8) is 0 Å². The average Bonchev–Trinajstić information content (AvgIpc) is 3.45. The molecule has 80 heavy (non-hydrogen) atoms. The van der Waals surface area contributed by atoms with Crippen LogP contribution in [0.15, 0.2) is 109 Å². The Kier molecular flexibility index (Phi) is 58.3. The summed E-state index contributed by atoms with van der Waals surface area (Å²) in [6.45, 7) is 4.38. The number of aliphatic hydroxyl groups excluding tert-OH is 1. The molecule has 0 amide bonds. The summed E-state index contributed by atoms with van der Waals surface area (Å²) >= 11 is 0. The van der Waals surface area contributed by atoms with Gasteiger partial charge in [-0.25, -0.2) is 4.57 Å². The molecule has 11 nitrogen and oxygen atoms in total. The number of carbonyl (C=O) groups is 3. The average molecular weight is 1140 g/mol. The fraction of sp³-hybridized carbons (Fsp3) is 0.691. The summed E-state index contributed by atoms with van der Waals surface area (Å²) in [5.74, 6) is -1.51. The van der Waals surface area contributed by atoms with Crippen molar-refractivity contribution >= 4 is 25.7 Å². The number of allylic oxidation sites excluding steroid dienone is 18. The van der Waals surface area contributed by atoms with Gasteiger partial charge in [0.25, 0.3) is 0 Å². The van der Waals surface area contributed by atoms with E-state index in [1.807, 2.05) is 0 Å². The highest BCUT2D eigenvalue weighted by atomic mass is 31.2. The van der Waals surface area contributed by atoms with Gasteiger partial charge in [-0.2, -0.15) is 0 Å². The molecule has 0 spiro atoms. The molecular weight excluding hydrogens is 1020 g/mol. The van der Waals surface area contributed by atoms with Crippen LogP contribution in [0.2, 0.25) is 0 Å². The first-order valence-electron chi connectivity index (χ1n) is 31.8. The van der Waals surface area contributed by atoms with Crippen LogP contribution in [0.5, 0.6) is 0 Å². The van der Waals surface area contributed by atoms with E-state index in [-0.39, 0.29) is 25.9 Å². The third-order valence-corrected chi connectivity index (χ3v) is 14.1. The molecule has 0 saturated heterocycles. The number of rotatable bonds is 58. The van der Waals surface area contributed by atoms with E-state index >= 15 is 0 Å². The van der Waals surface area contributed by atoms with Gasteiger partial charge < -0.3 is 24.2 Å². The van der Waals surface area contributed by atoms with Gasteiger partial charge in [0.1, 0.15) is 12.7 Å². The quantitative estimate of drug-likeness (QED) is 0.0197. The summed E-state index contributed by atoms with van der Waals surface area (Å²) in [7, 11) is -4.77. The van der Waals surface area contributed by atoms with Crippen molar-refractivity contribution in [2.45, 2.75) is 277 Å². The number of carbonyl (C=O) groups excluding carboxylic acids is 3. The summed E-state index contributed by atoms with van der Waals surface area (Å²) in [4.78, 5) is 48.8. The zero-order chi connectivity index (χ0) is 58.3. The molecule has 0 bridgehead atoms. The molecule has 3 unspecified atom stereocenters. The van der Waals surface area contributed by atoms with E-state index in [1.165, 1.54) is 64.2 Å². The molecule has 0 aliphatic heterocycles. The van der Waals surface area contributed by atoms with Gasteiger partial charge in [-0.3, -0.25) is 23.4 Å². The number of hydrogen-bond acceptors (Lipinski definition) is 10. The molecule has 0 aromatic rings. The maximum atomic E-state index is 13.0. The Bertz CT molecular complexity index is 1760. The SMILES string of the molecule is CC/C=C\C/C=C\C/C=C\C/C=C\CCCCCCCCC(=O)OC(COC(=O)CCCCCCCCC/C=C\CCCCCCCC)COP(=O)(O)OCC(CO)OC(=O)CCCCCC/C=C\C/C=C\C/C=C\C/C=C\CC. The summed E-state index contributed by atoms with van der Waals surface area (Å²) in [6.07, 6.45) is 74.6. The number of hydrogen-bond donors (Lipinski definition) is 2. The number of phosphoric ester groups is 1. The van der Waals surface area contributed by atoms with Crippen LogP contribution in [0.25, 0.3) is 0 Å². The van der Waals surface area contributed by atoms with Gasteiger partial charge in [0, 0.05) is 19.3 Å². The van der Waals surface area contributed by atoms with Crippen molar-refractivity contribution in [2.24, 2.45) is 0 Å². The summed E-state index contributed by atoms with van der Waals surface area (Å²) in [5, 5.41) is 9.85. The highest BCUT2D eigenvalue weighted by Gasteiger charge is 2.28. The van der Waals surface area contributed by atoms with E-state index in [0.29, 0.717) is 19.3 Å². The number of ether oxygens (including phenoxy) is 3. The Labute approximate surface area is 488 Å². The minimum absolute atomic E-state index is 0.143. The molecule has 0 aliphatic carbocycles. The van der Waals surface area contributed by atoms with Gasteiger partial charge in [0.15, 0.2) is 6.10 Å². The van der Waals surface area contributed by atoms with Crippen molar-refractivity contribution < 1.29 is 52.2 Å². The Balaban J connectivity index is 4.77. The molecule has 3 atom stereocenters. The Morgan fingerprint density at radius 1 is 0.362 bits per heavy atom. The summed E-state index contributed by atoms with van der Waals surface area (Å²) in [5.41, 5.74) is 0. The molecule has 0 aromatic heterocycles. The molecular formula is C68H115O11P. The van der Waals surface area contributed by atoms with Gasteiger partial charge >= 0.3 is 25.7 Å². The van der Waals surface area contributed by atoms with Crippen molar-refractivity contribution in [3.8, 4) is 0 Å². The van der Waals surface area contributed by atoms with E-state index < -0.39 is 57.8 Å². The molecule has 2 N–H and O–H groups in total. The van der Waals surface area contributed by atoms with Crippen LogP contribution in [0.3, 0.4) is 0 Å². The number of esters is 3. The van der Waals surface area contributed by atoms with Gasteiger partial charge in [-0.15, -0.1) is 0 Å². The van der Waals surface area contributed by atoms with Crippen LogP contribution < -0.4 is 0 Å². The largest absolute Gasteiger partial charge is 0.472 e. The fourth-order valence-corrected chi connectivity index (χ4v) is 9.18. The Morgan fingerprint density at radius 2 is 0.650 bits per heavy atom. The second-order valence-corrected chi connectivity index (χ2v) is 22.3. The normalized spacial score (nSPS) is 14.0. The topological polar surface area (TPSA) is 155 Å². The van der Waals surface area contributed by atoms with E-state index in [2.05, 4.69) is 130 Å². The molecule has 0 rings (SSSR count). The molecule has 458 valence electrons. The van der Waals surface area contributed by atoms with E-state index in [1.54, 1.807) is 0 Å². The maximum absolute atomic E-state index is 13.0. The van der Waals surface area contributed by atoms with E-state index in [0.717, 1.165) is 141 Å². The molecule has 0 aliphatic rings. The van der Waals surface area contributed by atoms with Gasteiger partial charge in [0.05, 0.1) is 19.8 Å². The minimum Gasteiger partial charge on any atom is -0.462 e. The van der Waals surface area contributed by atoms with Gasteiger partial charge in [0.2, 0.25) is 0 Å². The van der Waals surface area contributed by atoms with Crippen molar-refractivity contribution in [1.29, 1.82) is 0 Å². The molecule has 0 saturated carbocycles. The highest BCUT2D eigenvalue weighted by molar-refractivity contribution is 7.47. The first-order chi connectivity index (χ1) is 39.2. The lowest BCUT2D eigenvalue weighted by Crippen LogP contribution is -2.30. The number of phosphoric acid groups is 1. The van der Waals surface area contributed by atoms with Crippen LogP contribution in [-0.4, -0.2) is 66.5 Å². The summed E-state index contributed by atoms with van der Waals surface area (Å²) < 4.78 is 39.7. The first-order valence-corrected chi connectivity index (χ1v) is 33.3. The minimum atomic E-state index is -4.77. The summed E-state index contributed by atoms with van der Waals surface area (Å²) in [6, 6.07) is 0. The van der Waals surface area contributed by atoms with Gasteiger partial charge in [-0.05, 0) is 122 Å². The maximum Gasteiger partial charge on any atom is 0.472 e. The first kappa shape index (κ1) is 76.1. The molecule has 12 heteroatoms. The smallest absolute Gasteiger partial charge is 0.462 e. The standard InChI is InChI=1S/C68H115O11P/c1-4-7-10-13-16-19-22-25-28-31-32-35-38-41-44-47-50-53-56-59-68(72)79-65(61-75-66(70)57-54-51-48-45-42-39-36-33-29-26-23-20-17-14-11-8-5-2)63-77-80(73,74)76-62-64(60-69)78-67(71)58-55-52-49-46-43-40-37-34-30-27-24-21-18-15-12-9-6-3/h7,9-10,12,16,18-19,21,25-30,32,35,37,40,64-65,69H,4-6,8,11,13-15,17,20,22-24,31,33-34,36,38-39,41-63H2,1-3H3,(H,73,74)/b10-7-,12-9-,19-16-,21-18-,28-25-,29-26-,30-27-,35-32-,40-37-. The zero-order valence-corrected chi connectivity index (χ0v) is 51.7. The van der Waals surface area contributed by atoms with Crippen molar-refractivity contribution in [3.05, 3.63) is 109 Å². The molecule has 0 heterocycles. The fourth-order valence-electron chi connectivity index (χ4n) is 8.39. The zero-order valence-electron chi connectivity index (χ0n) is 50.8. The Hall–Kier alpha value is -3.86. The lowest BCUT2D eigenvalue weighted by Gasteiger charge is -2.21. The monoisotopic (exact) mass is 1140 g/mol. The van der Waals surface area contributed by atoms with Crippen LogP contribution in [0, 0.1) is 0 Å². The molecule has 0 radical (unpaired) electrons. The van der Waals surface area contributed by atoms with Crippen molar-refractivity contribution in [1.82, 2.24) is 0 Å². The highest BCUT2D eigenvalue weighted by Crippen LogP contribution is 2.43. The van der Waals surface area contributed by atoms with Crippen LogP contribution in [0.1, 0.15) is 265 Å². The molecule has 0 fully saturated rings. The van der Waals surface area contributed by atoms with Gasteiger partial charge in [-0.1, -0.05) is 233 Å². The van der Waals surface area contributed by atoms with Crippen molar-refractivity contribution in [2.75, 3.05) is 26.4 Å². The second kappa shape index (κ2) is 61.2. The Morgan fingerprint density at radius 3 is 1.01 bits per heavy atom. The predicted octanol–water partition coefficient (Wildman–Crippen LogP) is 19.4. The van der Waals surface area contributed by atoms with Crippen LogP contribution in [0.4, 0.5) is 0 Å². The number of unbranched alkanes of at least 4 members (excludes halogenated alkanes) is 23. The predicted molar refractivity (Wildman–Crippen MR) is 334 cm³/mol. The lowest BCUT2D eigenvalue weighted by molar-refractivity contribution is -0.161. The van der Waals surface area contributed by atoms with E-state index in [4.69, 9.17) is 23.3 Å². The second-order valence-electron chi connectivity index (χ2n) is 20.8. The van der Waals surface area contributed by atoms with E-state index in [9.17, 15) is 28.9 Å². The third-order valence-electron chi connectivity index (χ3n) is 13.2. The third kappa shape index (κ3) is 58.8. The molecule has 0 aromatic carbocycles.